The van der Waals surface area contributed by atoms with Crippen molar-refractivity contribution in [2.45, 2.75) is 31.7 Å². The molecule has 2 aromatic carbocycles. The van der Waals surface area contributed by atoms with Crippen LogP contribution in [0.15, 0.2) is 42.5 Å². The third-order valence-corrected chi connectivity index (χ3v) is 5.68. The number of amides is 2. The maximum atomic E-state index is 13.3. The third-order valence-electron chi connectivity index (χ3n) is 5.68. The lowest BCUT2D eigenvalue weighted by atomic mass is 9.97. The van der Waals surface area contributed by atoms with E-state index in [0.717, 1.165) is 0 Å². The lowest BCUT2D eigenvalue weighted by Crippen LogP contribution is -2.67. The molecule has 0 radical (unpaired) electrons. The van der Waals surface area contributed by atoms with E-state index in [1.54, 1.807) is 24.3 Å². The Labute approximate surface area is 182 Å². The van der Waals surface area contributed by atoms with Crippen molar-refractivity contribution in [1.82, 2.24) is 4.90 Å². The quantitative estimate of drug-likeness (QED) is 0.635. The maximum absolute atomic E-state index is 13.3. The number of carbonyl (C=O) groups excluding carboxylic acids is 3. The molecule has 168 valence electrons. The largest absolute Gasteiger partial charge is 0.493 e. The average molecular weight is 446 g/mol. The fraction of sp³-hybridized carbons (Fsp3) is 0.318. The van der Waals surface area contributed by atoms with Crippen LogP contribution in [0.3, 0.4) is 0 Å². The first kappa shape index (κ1) is 21.5. The van der Waals surface area contributed by atoms with E-state index in [-0.39, 0.29) is 36.9 Å². The van der Waals surface area contributed by atoms with Gasteiger partial charge in [-0.1, -0.05) is 18.2 Å². The minimum atomic E-state index is -3.01. The van der Waals surface area contributed by atoms with Crippen LogP contribution in [-0.4, -0.2) is 49.1 Å². The van der Waals surface area contributed by atoms with Crippen LogP contribution in [0.5, 0.6) is 11.5 Å². The van der Waals surface area contributed by atoms with Gasteiger partial charge >= 0.3 is 12.6 Å². The molecule has 2 amide bonds. The average Bonchev–Trinajstić information content (AvgIpc) is 3.14. The lowest BCUT2D eigenvalue weighted by Gasteiger charge is -2.46. The summed E-state index contributed by atoms with van der Waals surface area (Å²) in [6, 6.07) is 10.7. The van der Waals surface area contributed by atoms with E-state index in [1.165, 1.54) is 42.2 Å². The molecule has 2 aliphatic heterocycles. The zero-order valence-electron chi connectivity index (χ0n) is 17.3. The van der Waals surface area contributed by atoms with Crippen molar-refractivity contribution in [3.05, 3.63) is 53.6 Å². The van der Waals surface area contributed by atoms with Crippen LogP contribution in [0.4, 0.5) is 14.5 Å². The maximum Gasteiger partial charge on any atom is 0.387 e. The number of methoxy groups -OCH3 is 1. The number of ether oxygens (including phenoxy) is 3. The van der Waals surface area contributed by atoms with Crippen LogP contribution in [0.25, 0.3) is 0 Å². The molecule has 4 rings (SSSR count). The van der Waals surface area contributed by atoms with Crippen molar-refractivity contribution in [1.29, 1.82) is 0 Å². The summed E-state index contributed by atoms with van der Waals surface area (Å²) in [6.45, 7) is -3.24. The smallest absolute Gasteiger partial charge is 0.387 e. The summed E-state index contributed by atoms with van der Waals surface area (Å²) in [4.78, 5) is 41.5. The Balaban J connectivity index is 1.60. The molecule has 0 bridgehead atoms. The van der Waals surface area contributed by atoms with Crippen LogP contribution in [0.2, 0.25) is 0 Å². The molecule has 1 fully saturated rings. The van der Waals surface area contributed by atoms with E-state index in [2.05, 4.69) is 4.74 Å². The van der Waals surface area contributed by atoms with Crippen LogP contribution >= 0.6 is 0 Å². The summed E-state index contributed by atoms with van der Waals surface area (Å²) in [6.07, 6.45) is 0.167. The predicted octanol–water partition coefficient (Wildman–Crippen LogP) is 2.95. The Morgan fingerprint density at radius 2 is 1.91 bits per heavy atom. The molecule has 0 spiro atoms. The standard InChI is InChI=1S/C22H20F2N2O6/c1-25-19(28)14-5-3-4-6-15(14)26-18(27)9-10-22(25,26)20(29)31-12-13-7-8-16(32-21(23)24)17(11-13)30-2/h3-8,11,21H,9-10,12H2,1-2H3/t22-/m1/s1. The molecule has 0 unspecified atom stereocenters. The molecule has 1 saturated heterocycles. The van der Waals surface area contributed by atoms with Crippen LogP contribution in [-0.2, 0) is 20.9 Å². The highest BCUT2D eigenvalue weighted by molar-refractivity contribution is 6.15. The van der Waals surface area contributed by atoms with Crippen molar-refractivity contribution in [2.75, 3.05) is 19.1 Å². The molecule has 2 heterocycles. The number of hydrogen-bond acceptors (Lipinski definition) is 6. The summed E-state index contributed by atoms with van der Waals surface area (Å²) in [5.74, 6) is -1.55. The van der Waals surface area contributed by atoms with Gasteiger partial charge in [-0.05, 0) is 29.8 Å². The number of esters is 1. The summed E-state index contributed by atoms with van der Waals surface area (Å²) >= 11 is 0. The number of likely N-dealkylation sites (N-methyl/N-ethyl adjacent to an activating group) is 1. The van der Waals surface area contributed by atoms with E-state index >= 15 is 0 Å². The third kappa shape index (κ3) is 3.31. The van der Waals surface area contributed by atoms with Crippen molar-refractivity contribution in [3.8, 4) is 11.5 Å². The molecular formula is C22H20F2N2O6. The Hall–Kier alpha value is -3.69. The fourth-order valence-electron chi connectivity index (χ4n) is 4.15. The Kier molecular flexibility index (Phi) is 5.45. The van der Waals surface area contributed by atoms with Gasteiger partial charge in [0.15, 0.2) is 11.5 Å². The number of carbonyl (C=O) groups is 3. The molecule has 0 aliphatic carbocycles. The van der Waals surface area contributed by atoms with Crippen LogP contribution in [0.1, 0.15) is 28.8 Å². The summed E-state index contributed by atoms with van der Waals surface area (Å²) in [5.41, 5.74) is -0.446. The summed E-state index contributed by atoms with van der Waals surface area (Å²) < 4.78 is 40.0. The van der Waals surface area contributed by atoms with Crippen molar-refractivity contribution >= 4 is 23.5 Å². The van der Waals surface area contributed by atoms with Crippen LogP contribution in [0, 0.1) is 0 Å². The van der Waals surface area contributed by atoms with Gasteiger partial charge in [0.05, 0.1) is 18.4 Å². The van der Waals surface area contributed by atoms with E-state index < -0.39 is 24.2 Å². The number of hydrogen-bond donors (Lipinski definition) is 0. The Bertz CT molecular complexity index is 1090. The van der Waals surface area contributed by atoms with Gasteiger partial charge in [-0.2, -0.15) is 8.78 Å². The predicted molar refractivity (Wildman–Crippen MR) is 107 cm³/mol. The molecule has 8 nitrogen and oxygen atoms in total. The first-order chi connectivity index (χ1) is 15.3. The van der Waals surface area contributed by atoms with Crippen molar-refractivity contribution in [3.63, 3.8) is 0 Å². The van der Waals surface area contributed by atoms with Crippen LogP contribution < -0.4 is 14.4 Å². The van der Waals surface area contributed by atoms with Gasteiger partial charge in [-0.15, -0.1) is 0 Å². The number of para-hydroxylation sites is 1. The highest BCUT2D eigenvalue weighted by Gasteiger charge is 2.60. The number of nitrogens with zero attached hydrogens (tertiary/aromatic N) is 2. The van der Waals surface area contributed by atoms with Crippen molar-refractivity contribution < 1.29 is 37.4 Å². The molecule has 32 heavy (non-hydrogen) atoms. The Morgan fingerprint density at radius 3 is 2.62 bits per heavy atom. The zero-order chi connectivity index (χ0) is 23.0. The molecule has 10 heteroatoms. The topological polar surface area (TPSA) is 85.4 Å². The normalized spacial score (nSPS) is 19.7. The first-order valence-electron chi connectivity index (χ1n) is 9.79. The zero-order valence-corrected chi connectivity index (χ0v) is 17.3. The lowest BCUT2D eigenvalue weighted by molar-refractivity contribution is -0.157. The molecule has 1 atom stereocenters. The molecule has 0 aromatic heterocycles. The molecule has 2 aromatic rings. The molecule has 0 N–H and O–H groups in total. The van der Waals surface area contributed by atoms with Gasteiger partial charge in [0.2, 0.25) is 11.6 Å². The molecule has 0 saturated carbocycles. The summed E-state index contributed by atoms with van der Waals surface area (Å²) in [5, 5.41) is 0. The number of alkyl halides is 2. The van der Waals surface area contributed by atoms with E-state index in [0.29, 0.717) is 16.8 Å². The van der Waals surface area contributed by atoms with Gasteiger partial charge in [-0.25, -0.2) is 4.79 Å². The molecular weight excluding hydrogens is 426 g/mol. The minimum Gasteiger partial charge on any atom is -0.493 e. The highest BCUT2D eigenvalue weighted by atomic mass is 19.3. The fourth-order valence-corrected chi connectivity index (χ4v) is 4.15. The summed E-state index contributed by atoms with van der Waals surface area (Å²) in [7, 11) is 2.76. The van der Waals surface area contributed by atoms with E-state index in [9.17, 15) is 23.2 Å². The van der Waals surface area contributed by atoms with Gasteiger partial charge in [0, 0.05) is 19.9 Å². The monoisotopic (exact) mass is 446 g/mol. The van der Waals surface area contributed by atoms with Gasteiger partial charge in [0.25, 0.3) is 5.91 Å². The Morgan fingerprint density at radius 1 is 1.16 bits per heavy atom. The number of benzene rings is 2. The second-order valence-electron chi connectivity index (χ2n) is 7.37. The number of rotatable bonds is 6. The first-order valence-corrected chi connectivity index (χ1v) is 9.79. The van der Waals surface area contributed by atoms with E-state index in [4.69, 9.17) is 9.47 Å². The molecule has 2 aliphatic rings. The number of fused-ring (bicyclic) bond motifs is 3. The van der Waals surface area contributed by atoms with E-state index in [1.807, 2.05) is 0 Å². The van der Waals surface area contributed by atoms with Gasteiger partial charge in [-0.3, -0.25) is 14.5 Å². The second kappa shape index (κ2) is 8.10. The van der Waals surface area contributed by atoms with Gasteiger partial charge in [0.1, 0.15) is 6.61 Å². The second-order valence-corrected chi connectivity index (χ2v) is 7.37. The van der Waals surface area contributed by atoms with Crippen molar-refractivity contribution in [2.24, 2.45) is 0 Å². The SMILES string of the molecule is COc1cc(COC(=O)[C@@]23CCC(=O)N2c2ccccc2C(=O)N3C)ccc1OC(F)F. The number of halogens is 2. The highest BCUT2D eigenvalue weighted by Crippen LogP contribution is 2.44. The minimum absolute atomic E-state index is 0.0496. The number of anilines is 1. The van der Waals surface area contributed by atoms with Gasteiger partial charge < -0.3 is 19.1 Å².